The summed E-state index contributed by atoms with van der Waals surface area (Å²) >= 11 is 0. The number of hydrogen-bond acceptors (Lipinski definition) is 4. The van der Waals surface area contributed by atoms with Gasteiger partial charge >= 0.3 is 12.1 Å². The summed E-state index contributed by atoms with van der Waals surface area (Å²) in [5.41, 5.74) is -1.07. The lowest BCUT2D eigenvalue weighted by Gasteiger charge is -2.39. The van der Waals surface area contributed by atoms with Crippen LogP contribution < -0.4 is 10.1 Å². The van der Waals surface area contributed by atoms with Gasteiger partial charge in [0.05, 0.1) is 11.5 Å². The Morgan fingerprint density at radius 3 is 2.76 bits per heavy atom. The van der Waals surface area contributed by atoms with Gasteiger partial charge < -0.3 is 15.2 Å². The Kier molecular flexibility index (Phi) is 5.54. The lowest BCUT2D eigenvalue weighted by molar-refractivity contribution is -0.154. The van der Waals surface area contributed by atoms with Gasteiger partial charge in [0.1, 0.15) is 5.69 Å². The Bertz CT molecular complexity index is 651. The maximum absolute atomic E-state index is 12.4. The molecular formula is C16H19F3N2O4. The molecule has 0 aromatic carbocycles. The molecule has 0 aliphatic heterocycles. The number of pyridine rings is 1. The first kappa shape index (κ1) is 19.0. The van der Waals surface area contributed by atoms with Crippen molar-refractivity contribution in [3.05, 3.63) is 23.9 Å². The van der Waals surface area contributed by atoms with Crippen molar-refractivity contribution in [2.45, 2.75) is 44.3 Å². The molecule has 2 N–H and O–H groups in total. The van der Waals surface area contributed by atoms with Crippen LogP contribution in [0.15, 0.2) is 18.2 Å². The second-order valence-electron chi connectivity index (χ2n) is 6.27. The molecule has 1 saturated carbocycles. The predicted molar refractivity (Wildman–Crippen MR) is 81.3 cm³/mol. The number of aliphatic carboxylic acids is 1. The van der Waals surface area contributed by atoms with Crippen LogP contribution in [0.3, 0.4) is 0 Å². The van der Waals surface area contributed by atoms with E-state index in [1.807, 2.05) is 0 Å². The number of nitrogens with zero attached hydrogens (tertiary/aromatic N) is 1. The van der Waals surface area contributed by atoms with Crippen LogP contribution in [0.5, 0.6) is 5.88 Å². The molecule has 2 unspecified atom stereocenters. The normalized spacial score (nSPS) is 23.8. The maximum Gasteiger partial charge on any atom is 0.422 e. The fraction of sp³-hybridized carbons (Fsp3) is 0.562. The number of carboxylic acid groups (broad SMARTS) is 1. The first-order valence-corrected chi connectivity index (χ1v) is 7.83. The van der Waals surface area contributed by atoms with Gasteiger partial charge in [0.25, 0.3) is 5.91 Å². The summed E-state index contributed by atoms with van der Waals surface area (Å²) < 4.78 is 41.1. The van der Waals surface area contributed by atoms with Crippen molar-refractivity contribution in [2.24, 2.45) is 5.92 Å². The minimum Gasteiger partial charge on any atom is -0.481 e. The monoisotopic (exact) mass is 360 g/mol. The third kappa shape index (κ3) is 5.07. The molecule has 1 aliphatic rings. The average Bonchev–Trinajstić information content (AvgIpc) is 2.52. The van der Waals surface area contributed by atoms with Gasteiger partial charge in [-0.15, -0.1) is 0 Å². The van der Waals surface area contributed by atoms with E-state index in [0.717, 1.165) is 12.8 Å². The summed E-state index contributed by atoms with van der Waals surface area (Å²) in [4.78, 5) is 27.6. The summed E-state index contributed by atoms with van der Waals surface area (Å²) in [6.07, 6.45) is -2.01. The van der Waals surface area contributed by atoms with Crippen LogP contribution in [0.1, 0.15) is 43.1 Å². The van der Waals surface area contributed by atoms with E-state index in [1.165, 1.54) is 18.2 Å². The first-order chi connectivity index (χ1) is 11.6. The fourth-order valence-electron chi connectivity index (χ4n) is 2.98. The third-order valence-corrected chi connectivity index (χ3v) is 4.25. The van der Waals surface area contributed by atoms with E-state index in [9.17, 15) is 27.9 Å². The molecule has 0 bridgehead atoms. The van der Waals surface area contributed by atoms with Gasteiger partial charge in [-0.1, -0.05) is 18.9 Å². The Labute approximate surface area is 142 Å². The van der Waals surface area contributed by atoms with Gasteiger partial charge in [-0.05, 0) is 25.8 Å². The van der Waals surface area contributed by atoms with Gasteiger partial charge in [0.2, 0.25) is 5.88 Å². The molecule has 1 aliphatic carbocycles. The van der Waals surface area contributed by atoms with E-state index >= 15 is 0 Å². The minimum atomic E-state index is -4.51. The Hall–Kier alpha value is -2.32. The highest BCUT2D eigenvalue weighted by atomic mass is 19.4. The minimum absolute atomic E-state index is 0.129. The van der Waals surface area contributed by atoms with Crippen molar-refractivity contribution >= 4 is 11.9 Å². The van der Waals surface area contributed by atoms with Gasteiger partial charge in [-0.25, -0.2) is 4.98 Å². The lowest BCUT2D eigenvalue weighted by Crippen LogP contribution is -2.55. The van der Waals surface area contributed by atoms with Crippen LogP contribution in [-0.2, 0) is 4.79 Å². The highest BCUT2D eigenvalue weighted by Crippen LogP contribution is 2.34. The number of carbonyl (C=O) groups excluding carboxylic acids is 1. The molecule has 0 saturated heterocycles. The Morgan fingerprint density at radius 1 is 1.40 bits per heavy atom. The number of halogens is 3. The largest absolute Gasteiger partial charge is 0.481 e. The molecule has 1 heterocycles. The van der Waals surface area contributed by atoms with Gasteiger partial charge in [-0.2, -0.15) is 13.2 Å². The SMILES string of the molecule is CC1(NC(=O)c2cccc(OCC(F)(F)F)n2)CCCCC1C(=O)O. The van der Waals surface area contributed by atoms with Gasteiger partial charge in [0, 0.05) is 6.07 Å². The van der Waals surface area contributed by atoms with Crippen LogP contribution in [0.2, 0.25) is 0 Å². The molecule has 1 aromatic rings. The van der Waals surface area contributed by atoms with E-state index in [1.54, 1.807) is 6.92 Å². The molecule has 138 valence electrons. The standard InChI is InChI=1S/C16H19F3N2O4/c1-15(8-3-2-5-10(15)14(23)24)21-13(22)11-6-4-7-12(20-11)25-9-16(17,18)19/h4,6-7,10H,2-3,5,8-9H2,1H3,(H,21,22)(H,23,24). The number of carboxylic acids is 1. The quantitative estimate of drug-likeness (QED) is 0.843. The molecule has 2 atom stereocenters. The zero-order valence-corrected chi connectivity index (χ0v) is 13.6. The molecule has 1 amide bonds. The van der Waals surface area contributed by atoms with Crippen LogP contribution >= 0.6 is 0 Å². The second kappa shape index (κ2) is 7.28. The van der Waals surface area contributed by atoms with Crippen molar-refractivity contribution in [2.75, 3.05) is 6.61 Å². The Morgan fingerprint density at radius 2 is 2.12 bits per heavy atom. The Balaban J connectivity index is 2.11. The second-order valence-corrected chi connectivity index (χ2v) is 6.27. The van der Waals surface area contributed by atoms with Gasteiger partial charge in [-0.3, -0.25) is 9.59 Å². The molecule has 1 fully saturated rings. The van der Waals surface area contributed by atoms with Crippen LogP contribution in [-0.4, -0.2) is 40.3 Å². The van der Waals surface area contributed by atoms with Gasteiger partial charge in [0.15, 0.2) is 6.61 Å². The fourth-order valence-corrected chi connectivity index (χ4v) is 2.98. The molecule has 0 spiro atoms. The molecule has 9 heteroatoms. The van der Waals surface area contributed by atoms with Crippen LogP contribution in [0.4, 0.5) is 13.2 Å². The summed E-state index contributed by atoms with van der Waals surface area (Å²) in [7, 11) is 0. The zero-order chi connectivity index (χ0) is 18.7. The topological polar surface area (TPSA) is 88.5 Å². The lowest BCUT2D eigenvalue weighted by atomic mass is 9.74. The maximum atomic E-state index is 12.4. The molecule has 0 radical (unpaired) electrons. The van der Waals surface area contributed by atoms with E-state index in [2.05, 4.69) is 15.0 Å². The molecular weight excluding hydrogens is 341 g/mol. The van der Waals surface area contributed by atoms with E-state index < -0.39 is 36.1 Å². The summed E-state index contributed by atoms with van der Waals surface area (Å²) in [6.45, 7) is 0.150. The predicted octanol–water partition coefficient (Wildman–Crippen LogP) is 2.79. The molecule has 25 heavy (non-hydrogen) atoms. The number of alkyl halides is 3. The summed E-state index contributed by atoms with van der Waals surface area (Å²) in [5.74, 6) is -2.69. The first-order valence-electron chi connectivity index (χ1n) is 7.83. The number of hydrogen-bond donors (Lipinski definition) is 2. The summed E-state index contributed by atoms with van der Waals surface area (Å²) in [6, 6.07) is 3.90. The number of amides is 1. The van der Waals surface area contributed by atoms with Crippen LogP contribution in [0, 0.1) is 5.92 Å². The van der Waals surface area contributed by atoms with E-state index in [4.69, 9.17) is 0 Å². The van der Waals surface area contributed by atoms with E-state index in [0.29, 0.717) is 12.8 Å². The zero-order valence-electron chi connectivity index (χ0n) is 13.6. The number of ether oxygens (including phenoxy) is 1. The molecule has 6 nitrogen and oxygen atoms in total. The van der Waals surface area contributed by atoms with Crippen molar-refractivity contribution in [1.82, 2.24) is 10.3 Å². The number of aromatic nitrogens is 1. The van der Waals surface area contributed by atoms with Crippen molar-refractivity contribution < 1.29 is 32.6 Å². The summed E-state index contributed by atoms with van der Waals surface area (Å²) in [5, 5.41) is 12.0. The van der Waals surface area contributed by atoms with Crippen molar-refractivity contribution in [3.8, 4) is 5.88 Å². The van der Waals surface area contributed by atoms with E-state index in [-0.39, 0.29) is 11.6 Å². The molecule has 2 rings (SSSR count). The van der Waals surface area contributed by atoms with Crippen LogP contribution in [0.25, 0.3) is 0 Å². The number of carbonyl (C=O) groups is 2. The average molecular weight is 360 g/mol. The third-order valence-electron chi connectivity index (χ3n) is 4.25. The number of nitrogens with one attached hydrogen (secondary N) is 1. The van der Waals surface area contributed by atoms with Crippen molar-refractivity contribution in [3.63, 3.8) is 0 Å². The highest BCUT2D eigenvalue weighted by molar-refractivity contribution is 5.93. The van der Waals surface area contributed by atoms with Crippen molar-refractivity contribution in [1.29, 1.82) is 0 Å². The highest BCUT2D eigenvalue weighted by Gasteiger charge is 2.42. The number of rotatable bonds is 5. The molecule has 1 aromatic heterocycles. The smallest absolute Gasteiger partial charge is 0.422 e.